The molecular weight excluding hydrogens is 280 g/mol. The number of para-hydroxylation sites is 1. The van der Waals surface area contributed by atoms with E-state index in [4.69, 9.17) is 5.73 Å². The molecule has 0 aliphatic rings. The van der Waals surface area contributed by atoms with Crippen LogP contribution < -0.4 is 11.1 Å². The highest BCUT2D eigenvalue weighted by atomic mass is 32.2. The quantitative estimate of drug-likeness (QED) is 0.805. The number of hydrogen-bond donors (Lipinski definition) is 2. The molecular formula is C17H20N2OS. The fourth-order valence-corrected chi connectivity index (χ4v) is 2.62. The van der Waals surface area contributed by atoms with Crippen LogP contribution in [0.1, 0.15) is 12.0 Å². The van der Waals surface area contributed by atoms with E-state index in [0.29, 0.717) is 6.42 Å². The third-order valence-electron chi connectivity index (χ3n) is 3.29. The van der Waals surface area contributed by atoms with Gasteiger partial charge in [-0.05, 0) is 36.8 Å². The van der Waals surface area contributed by atoms with E-state index in [1.807, 2.05) is 60.9 Å². The van der Waals surface area contributed by atoms with Crippen LogP contribution in [0.25, 0.3) is 0 Å². The number of amides is 1. The van der Waals surface area contributed by atoms with Crippen LogP contribution in [-0.2, 0) is 11.2 Å². The number of hydrogen-bond acceptors (Lipinski definition) is 3. The Morgan fingerprint density at radius 2 is 1.81 bits per heavy atom. The zero-order valence-corrected chi connectivity index (χ0v) is 12.9. The first-order chi connectivity index (χ1) is 10.2. The summed E-state index contributed by atoms with van der Waals surface area (Å²) in [5.74, 6) is -0.132. The minimum Gasteiger partial charge on any atom is -0.324 e. The lowest BCUT2D eigenvalue weighted by molar-refractivity contribution is -0.117. The zero-order valence-electron chi connectivity index (χ0n) is 12.1. The number of anilines is 1. The van der Waals surface area contributed by atoms with Crippen LogP contribution in [0.2, 0.25) is 0 Å². The average molecular weight is 300 g/mol. The van der Waals surface area contributed by atoms with E-state index in [1.54, 1.807) is 11.8 Å². The van der Waals surface area contributed by atoms with Crippen molar-refractivity contribution in [2.24, 2.45) is 5.73 Å². The van der Waals surface area contributed by atoms with E-state index in [-0.39, 0.29) is 5.91 Å². The number of benzene rings is 2. The number of aryl methyl sites for hydroxylation is 1. The summed E-state index contributed by atoms with van der Waals surface area (Å²) < 4.78 is 0. The summed E-state index contributed by atoms with van der Waals surface area (Å²) in [7, 11) is 0. The fourth-order valence-electron chi connectivity index (χ4n) is 2.07. The second kappa shape index (κ2) is 7.86. The summed E-state index contributed by atoms with van der Waals surface area (Å²) >= 11 is 1.60. The molecule has 3 nitrogen and oxygen atoms in total. The van der Waals surface area contributed by atoms with Gasteiger partial charge in [0.25, 0.3) is 0 Å². The van der Waals surface area contributed by atoms with Crippen molar-refractivity contribution in [1.29, 1.82) is 0 Å². The molecule has 2 aromatic carbocycles. The first-order valence-corrected chi connectivity index (χ1v) is 8.16. The summed E-state index contributed by atoms with van der Waals surface area (Å²) in [5, 5.41) is 2.91. The summed E-state index contributed by atoms with van der Waals surface area (Å²) in [6, 6.07) is 17.3. The summed E-state index contributed by atoms with van der Waals surface area (Å²) in [6.07, 6.45) is 3.43. The van der Waals surface area contributed by atoms with Gasteiger partial charge in [-0.3, -0.25) is 4.79 Å². The van der Waals surface area contributed by atoms with Crippen molar-refractivity contribution in [2.75, 3.05) is 11.6 Å². The second-order valence-corrected chi connectivity index (χ2v) is 5.67. The average Bonchev–Trinajstić information content (AvgIpc) is 2.54. The van der Waals surface area contributed by atoms with Crippen LogP contribution in [-0.4, -0.2) is 18.2 Å². The van der Waals surface area contributed by atoms with Crippen molar-refractivity contribution in [3.63, 3.8) is 0 Å². The van der Waals surface area contributed by atoms with Crippen LogP contribution in [0.5, 0.6) is 0 Å². The fraction of sp³-hybridized carbons (Fsp3) is 0.235. The SMILES string of the molecule is CSc1ccccc1NC(=O)C(N)CCc1ccccc1. The predicted octanol–water partition coefficient (Wildman–Crippen LogP) is 3.31. The Labute approximate surface area is 129 Å². The lowest BCUT2D eigenvalue weighted by atomic mass is 10.1. The predicted molar refractivity (Wildman–Crippen MR) is 89.6 cm³/mol. The normalized spacial score (nSPS) is 11.9. The molecule has 21 heavy (non-hydrogen) atoms. The number of rotatable bonds is 6. The molecule has 0 aliphatic carbocycles. The maximum atomic E-state index is 12.2. The van der Waals surface area contributed by atoms with Gasteiger partial charge in [0.05, 0.1) is 11.7 Å². The number of carbonyl (C=O) groups is 1. The first kappa shape index (κ1) is 15.6. The number of thioether (sulfide) groups is 1. The van der Waals surface area contributed by atoms with E-state index in [1.165, 1.54) is 5.56 Å². The molecule has 1 unspecified atom stereocenters. The molecule has 0 aliphatic heterocycles. The molecule has 110 valence electrons. The number of nitrogens with one attached hydrogen (secondary N) is 1. The standard InChI is InChI=1S/C17H20N2OS/c1-21-16-10-6-5-9-15(16)19-17(20)14(18)12-11-13-7-3-2-4-8-13/h2-10,14H,11-12,18H2,1H3,(H,19,20). The van der Waals surface area contributed by atoms with Crippen LogP contribution in [0.15, 0.2) is 59.5 Å². The third-order valence-corrected chi connectivity index (χ3v) is 4.08. The van der Waals surface area contributed by atoms with Crippen molar-refractivity contribution in [1.82, 2.24) is 0 Å². The first-order valence-electron chi connectivity index (χ1n) is 6.94. The molecule has 0 saturated heterocycles. The minimum atomic E-state index is -0.500. The Hall–Kier alpha value is -1.78. The van der Waals surface area contributed by atoms with Crippen LogP contribution >= 0.6 is 11.8 Å². The summed E-state index contributed by atoms with van der Waals surface area (Å²) in [4.78, 5) is 13.2. The molecule has 1 atom stereocenters. The van der Waals surface area contributed by atoms with Gasteiger partial charge in [-0.15, -0.1) is 11.8 Å². The monoisotopic (exact) mass is 300 g/mol. The van der Waals surface area contributed by atoms with E-state index < -0.39 is 6.04 Å². The maximum absolute atomic E-state index is 12.2. The summed E-state index contributed by atoms with van der Waals surface area (Å²) in [6.45, 7) is 0. The molecule has 0 radical (unpaired) electrons. The molecule has 0 heterocycles. The third kappa shape index (κ3) is 4.62. The molecule has 3 N–H and O–H groups in total. The highest BCUT2D eigenvalue weighted by Gasteiger charge is 2.14. The van der Waals surface area contributed by atoms with Crippen molar-refractivity contribution in [3.05, 3.63) is 60.2 Å². The van der Waals surface area contributed by atoms with Gasteiger partial charge in [0, 0.05) is 4.90 Å². The van der Waals surface area contributed by atoms with Gasteiger partial charge in [0.1, 0.15) is 0 Å². The van der Waals surface area contributed by atoms with Crippen molar-refractivity contribution >= 4 is 23.4 Å². The molecule has 0 bridgehead atoms. The van der Waals surface area contributed by atoms with Gasteiger partial charge < -0.3 is 11.1 Å². The van der Waals surface area contributed by atoms with Gasteiger partial charge in [0.2, 0.25) is 5.91 Å². The van der Waals surface area contributed by atoms with Gasteiger partial charge in [-0.25, -0.2) is 0 Å². The Morgan fingerprint density at radius 1 is 1.14 bits per heavy atom. The van der Waals surface area contributed by atoms with Crippen LogP contribution in [0.3, 0.4) is 0 Å². The topological polar surface area (TPSA) is 55.1 Å². The van der Waals surface area contributed by atoms with Gasteiger partial charge in [-0.2, -0.15) is 0 Å². The van der Waals surface area contributed by atoms with E-state index in [2.05, 4.69) is 5.32 Å². The molecule has 0 spiro atoms. The van der Waals surface area contributed by atoms with Crippen molar-refractivity contribution in [3.8, 4) is 0 Å². The largest absolute Gasteiger partial charge is 0.324 e. The summed E-state index contributed by atoms with van der Waals surface area (Å²) in [5.41, 5.74) is 8.01. The lowest BCUT2D eigenvalue weighted by Gasteiger charge is -2.14. The highest BCUT2D eigenvalue weighted by Crippen LogP contribution is 2.24. The maximum Gasteiger partial charge on any atom is 0.241 e. The number of carbonyl (C=O) groups excluding carboxylic acids is 1. The van der Waals surface area contributed by atoms with Crippen LogP contribution in [0.4, 0.5) is 5.69 Å². The Balaban J connectivity index is 1.90. The Bertz CT molecular complexity index is 586. The minimum absolute atomic E-state index is 0.132. The van der Waals surface area contributed by atoms with E-state index >= 15 is 0 Å². The van der Waals surface area contributed by atoms with Gasteiger partial charge in [0.15, 0.2) is 0 Å². The Morgan fingerprint density at radius 3 is 2.52 bits per heavy atom. The van der Waals surface area contributed by atoms with Gasteiger partial charge in [-0.1, -0.05) is 42.5 Å². The molecule has 2 aromatic rings. The second-order valence-electron chi connectivity index (χ2n) is 4.82. The lowest BCUT2D eigenvalue weighted by Crippen LogP contribution is -2.36. The van der Waals surface area contributed by atoms with Crippen molar-refractivity contribution < 1.29 is 4.79 Å². The Kier molecular flexibility index (Phi) is 5.84. The van der Waals surface area contributed by atoms with Crippen molar-refractivity contribution in [2.45, 2.75) is 23.8 Å². The molecule has 0 aromatic heterocycles. The smallest absolute Gasteiger partial charge is 0.241 e. The molecule has 1 amide bonds. The molecule has 2 rings (SSSR count). The molecule has 4 heteroatoms. The number of nitrogens with two attached hydrogens (primary N) is 1. The molecule has 0 fully saturated rings. The highest BCUT2D eigenvalue weighted by molar-refractivity contribution is 7.98. The van der Waals surface area contributed by atoms with Crippen LogP contribution in [0, 0.1) is 0 Å². The zero-order chi connectivity index (χ0) is 15.1. The van der Waals surface area contributed by atoms with E-state index in [0.717, 1.165) is 17.0 Å². The van der Waals surface area contributed by atoms with Gasteiger partial charge >= 0.3 is 0 Å². The van der Waals surface area contributed by atoms with E-state index in [9.17, 15) is 4.79 Å². The molecule has 0 saturated carbocycles.